The molecule has 0 atom stereocenters. The second kappa shape index (κ2) is 6.68. The van der Waals surface area contributed by atoms with Crippen LogP contribution in [0, 0.1) is 0 Å². The van der Waals surface area contributed by atoms with Gasteiger partial charge in [0.1, 0.15) is 7.85 Å². The van der Waals surface area contributed by atoms with Gasteiger partial charge in [-0.3, -0.25) is 0 Å². The predicted molar refractivity (Wildman–Crippen MR) is 116 cm³/mol. The van der Waals surface area contributed by atoms with Gasteiger partial charge in [0, 0.05) is 15.5 Å². The van der Waals surface area contributed by atoms with Crippen molar-refractivity contribution in [3.05, 3.63) is 97.1 Å². The molecule has 0 spiro atoms. The van der Waals surface area contributed by atoms with Gasteiger partial charge in [-0.25, -0.2) is 0 Å². The maximum Gasteiger partial charge on any atom is 0.113 e. The lowest BCUT2D eigenvalue weighted by Crippen LogP contribution is -2.14. The molecule has 0 aromatic heterocycles. The van der Waals surface area contributed by atoms with Gasteiger partial charge in [-0.1, -0.05) is 77.9 Å². The monoisotopic (exact) mass is 361 g/mol. The highest BCUT2D eigenvalue weighted by atomic mass is 32.2. The van der Waals surface area contributed by atoms with Crippen LogP contribution in [0.1, 0.15) is 0 Å². The maximum atomic E-state index is 5.81. The normalized spacial score (nSPS) is 12.4. The Kier molecular flexibility index (Phi) is 4.03. The van der Waals surface area contributed by atoms with E-state index in [1.807, 2.05) is 23.9 Å². The molecular formula is C24H16BNS. The summed E-state index contributed by atoms with van der Waals surface area (Å²) < 4.78 is 0. The maximum absolute atomic E-state index is 5.81. The molecule has 1 heterocycles. The van der Waals surface area contributed by atoms with Gasteiger partial charge in [-0.05, 0) is 47.5 Å². The number of rotatable bonds is 2. The third-order valence-electron chi connectivity index (χ3n) is 4.80. The number of anilines is 3. The van der Waals surface area contributed by atoms with Gasteiger partial charge in [0.05, 0.1) is 11.4 Å². The molecule has 0 saturated carbocycles. The predicted octanol–water partition coefficient (Wildman–Crippen LogP) is 6.08. The van der Waals surface area contributed by atoms with Crippen LogP contribution < -0.4 is 10.4 Å². The van der Waals surface area contributed by atoms with E-state index in [9.17, 15) is 0 Å². The van der Waals surface area contributed by atoms with Gasteiger partial charge in [0.2, 0.25) is 0 Å². The summed E-state index contributed by atoms with van der Waals surface area (Å²) in [6, 6.07) is 33.9. The van der Waals surface area contributed by atoms with Crippen molar-refractivity contribution in [3.8, 4) is 11.1 Å². The lowest BCUT2D eigenvalue weighted by molar-refractivity contribution is 1.17. The number of benzene rings is 4. The van der Waals surface area contributed by atoms with Gasteiger partial charge in [0.15, 0.2) is 0 Å². The SMILES string of the molecule is [B]c1ccc(-c2ccc(N3c4ccccc4Sc4ccccc43)cc2)cc1. The Hall–Kier alpha value is -2.91. The minimum Gasteiger partial charge on any atom is -0.308 e. The molecule has 0 fully saturated rings. The second-order valence-electron chi connectivity index (χ2n) is 6.54. The summed E-state index contributed by atoms with van der Waals surface area (Å²) in [5.74, 6) is 0. The Morgan fingerprint density at radius 1 is 0.556 bits per heavy atom. The standard InChI is InChI=1S/C24H16BNS/c25-19-13-9-17(10-14-19)18-11-15-20(16-12-18)26-21-5-1-3-7-23(21)27-24-8-4-2-6-22(24)26/h1-16H. The first-order valence-electron chi connectivity index (χ1n) is 8.92. The molecule has 0 aliphatic carbocycles. The lowest BCUT2D eigenvalue weighted by Gasteiger charge is -2.32. The Morgan fingerprint density at radius 2 is 1.04 bits per heavy atom. The highest BCUT2D eigenvalue weighted by Crippen LogP contribution is 2.51. The molecule has 5 rings (SSSR count). The first-order valence-corrected chi connectivity index (χ1v) is 9.73. The number of hydrogen-bond acceptors (Lipinski definition) is 2. The zero-order valence-corrected chi connectivity index (χ0v) is 15.5. The Labute approximate surface area is 165 Å². The first kappa shape index (κ1) is 16.3. The minimum absolute atomic E-state index is 0.786. The molecule has 0 bridgehead atoms. The van der Waals surface area contributed by atoms with E-state index in [-0.39, 0.29) is 0 Å². The molecule has 1 aliphatic rings. The fourth-order valence-electron chi connectivity index (χ4n) is 3.46. The lowest BCUT2D eigenvalue weighted by atomic mass is 9.94. The molecule has 4 aromatic carbocycles. The van der Waals surface area contributed by atoms with Crippen molar-refractivity contribution < 1.29 is 0 Å². The Morgan fingerprint density at radius 3 is 1.59 bits per heavy atom. The quantitative estimate of drug-likeness (QED) is 0.351. The van der Waals surface area contributed by atoms with E-state index in [0.717, 1.165) is 11.2 Å². The smallest absolute Gasteiger partial charge is 0.113 e. The molecule has 2 radical (unpaired) electrons. The van der Waals surface area contributed by atoms with Crippen molar-refractivity contribution in [1.29, 1.82) is 0 Å². The summed E-state index contributed by atoms with van der Waals surface area (Å²) in [5, 5.41) is 0. The van der Waals surface area contributed by atoms with Crippen molar-refractivity contribution in [2.75, 3.05) is 4.90 Å². The summed E-state index contributed by atoms with van der Waals surface area (Å²) in [4.78, 5) is 4.89. The average molecular weight is 361 g/mol. The van der Waals surface area contributed by atoms with E-state index in [4.69, 9.17) is 7.85 Å². The van der Waals surface area contributed by atoms with Gasteiger partial charge in [-0.15, -0.1) is 0 Å². The van der Waals surface area contributed by atoms with E-state index < -0.39 is 0 Å². The van der Waals surface area contributed by atoms with Crippen LogP contribution in [0.2, 0.25) is 0 Å². The molecule has 4 aromatic rings. The van der Waals surface area contributed by atoms with Crippen LogP contribution in [0.4, 0.5) is 17.1 Å². The van der Waals surface area contributed by atoms with Crippen LogP contribution in [0.25, 0.3) is 11.1 Å². The van der Waals surface area contributed by atoms with Crippen LogP contribution in [0.15, 0.2) is 107 Å². The van der Waals surface area contributed by atoms with Crippen LogP contribution in [-0.2, 0) is 0 Å². The molecule has 3 heteroatoms. The fourth-order valence-corrected chi connectivity index (χ4v) is 4.52. The molecule has 1 nitrogen and oxygen atoms in total. The molecular weight excluding hydrogens is 345 g/mol. The molecule has 0 N–H and O–H groups in total. The second-order valence-corrected chi connectivity index (χ2v) is 7.63. The van der Waals surface area contributed by atoms with Crippen LogP contribution in [-0.4, -0.2) is 7.85 Å². The van der Waals surface area contributed by atoms with Gasteiger partial charge >= 0.3 is 0 Å². The van der Waals surface area contributed by atoms with Crippen LogP contribution in [0.5, 0.6) is 0 Å². The number of para-hydroxylation sites is 2. The number of fused-ring (bicyclic) bond motifs is 2. The molecule has 0 amide bonds. The zero-order chi connectivity index (χ0) is 18.2. The summed E-state index contributed by atoms with van der Waals surface area (Å²) in [6.45, 7) is 0. The molecule has 0 saturated heterocycles. The fraction of sp³-hybridized carbons (Fsp3) is 0. The van der Waals surface area contributed by atoms with Crippen molar-refractivity contribution in [3.63, 3.8) is 0 Å². The molecule has 27 heavy (non-hydrogen) atoms. The molecule has 0 unspecified atom stereocenters. The summed E-state index contributed by atoms with van der Waals surface area (Å²) >= 11 is 1.83. The Balaban J connectivity index is 1.59. The Bertz CT molecular complexity index is 1060. The van der Waals surface area contributed by atoms with Crippen molar-refractivity contribution in [2.45, 2.75) is 9.79 Å². The van der Waals surface area contributed by atoms with E-state index in [0.29, 0.717) is 0 Å². The third kappa shape index (κ3) is 2.94. The first-order chi connectivity index (χ1) is 13.3. The van der Waals surface area contributed by atoms with E-state index in [1.165, 1.54) is 32.3 Å². The van der Waals surface area contributed by atoms with Gasteiger partial charge < -0.3 is 4.90 Å². The largest absolute Gasteiger partial charge is 0.308 e. The van der Waals surface area contributed by atoms with Crippen LogP contribution >= 0.6 is 11.8 Å². The third-order valence-corrected chi connectivity index (χ3v) is 5.93. The summed E-state index contributed by atoms with van der Waals surface area (Å²) in [6.07, 6.45) is 0. The van der Waals surface area contributed by atoms with Crippen LogP contribution in [0.3, 0.4) is 0 Å². The number of nitrogens with zero attached hydrogens (tertiary/aromatic N) is 1. The molecule has 126 valence electrons. The zero-order valence-electron chi connectivity index (χ0n) is 14.7. The van der Waals surface area contributed by atoms with Gasteiger partial charge in [0.25, 0.3) is 0 Å². The average Bonchev–Trinajstić information content (AvgIpc) is 2.73. The number of hydrogen-bond donors (Lipinski definition) is 0. The van der Waals surface area contributed by atoms with Crippen molar-refractivity contribution in [1.82, 2.24) is 0 Å². The van der Waals surface area contributed by atoms with E-state index >= 15 is 0 Å². The van der Waals surface area contributed by atoms with Crippen molar-refractivity contribution in [2.24, 2.45) is 0 Å². The van der Waals surface area contributed by atoms with E-state index in [2.05, 4.69) is 89.8 Å². The van der Waals surface area contributed by atoms with E-state index in [1.54, 1.807) is 0 Å². The topological polar surface area (TPSA) is 3.24 Å². The molecule has 1 aliphatic heterocycles. The highest BCUT2D eigenvalue weighted by Gasteiger charge is 2.23. The highest BCUT2D eigenvalue weighted by molar-refractivity contribution is 7.99. The summed E-state index contributed by atoms with van der Waals surface area (Å²) in [7, 11) is 5.81. The van der Waals surface area contributed by atoms with Gasteiger partial charge in [-0.2, -0.15) is 0 Å². The summed E-state index contributed by atoms with van der Waals surface area (Å²) in [5.41, 5.74) is 6.75. The minimum atomic E-state index is 0.786. The van der Waals surface area contributed by atoms with Crippen molar-refractivity contribution >= 4 is 42.1 Å².